The van der Waals surface area contributed by atoms with Gasteiger partial charge in [0, 0.05) is 6.42 Å². The average Bonchev–Trinajstić information content (AvgIpc) is 2.54. The maximum absolute atomic E-state index is 12.2. The second kappa shape index (κ2) is 12.1. The van der Waals surface area contributed by atoms with Gasteiger partial charge < -0.3 is 24.8 Å². The fourth-order valence-electron chi connectivity index (χ4n) is 1.74. The molecule has 0 aromatic carbocycles. The van der Waals surface area contributed by atoms with E-state index in [0.29, 0.717) is 6.61 Å². The van der Waals surface area contributed by atoms with Gasteiger partial charge in [0.15, 0.2) is 0 Å². The Morgan fingerprint density at radius 1 is 1.08 bits per heavy atom. The smallest absolute Gasteiger partial charge is 0.408 e. The quantitative estimate of drug-likeness (QED) is 0.336. The topological polar surface area (TPSA) is 120 Å². The van der Waals surface area contributed by atoms with E-state index in [0.717, 1.165) is 12.8 Å². The number of hydrogen-bond donors (Lipinski definition) is 2. The zero-order valence-electron chi connectivity index (χ0n) is 16.2. The Bertz CT molecular complexity index is 486. The minimum atomic E-state index is -1.05. The zero-order chi connectivity index (χ0) is 20.2. The summed E-state index contributed by atoms with van der Waals surface area (Å²) in [6, 6.07) is -1.05. The summed E-state index contributed by atoms with van der Waals surface area (Å²) in [5.74, 6) is -1.72. The number of carbonyl (C=O) groups excluding carboxylic acids is 4. The molecule has 0 radical (unpaired) electrons. The number of nitrogens with one attached hydrogen (secondary N) is 2. The highest BCUT2D eigenvalue weighted by molar-refractivity contribution is 5.88. The Balaban J connectivity index is 4.71. The second-order valence-electron chi connectivity index (χ2n) is 6.61. The lowest BCUT2D eigenvalue weighted by Crippen LogP contribution is -2.49. The maximum atomic E-state index is 12.2. The van der Waals surface area contributed by atoms with E-state index in [1.165, 1.54) is 7.11 Å². The fourth-order valence-corrected chi connectivity index (χ4v) is 1.74. The molecule has 0 aromatic heterocycles. The predicted octanol–water partition coefficient (Wildman–Crippen LogP) is 1.29. The van der Waals surface area contributed by atoms with Crippen LogP contribution in [0.1, 0.15) is 53.4 Å². The first-order valence-electron chi connectivity index (χ1n) is 8.58. The monoisotopic (exact) mass is 374 g/mol. The molecule has 0 saturated heterocycles. The van der Waals surface area contributed by atoms with Crippen LogP contribution in [0.2, 0.25) is 0 Å². The first-order chi connectivity index (χ1) is 12.1. The number of amides is 2. The van der Waals surface area contributed by atoms with Crippen LogP contribution in [0.5, 0.6) is 0 Å². The molecule has 1 atom stereocenters. The summed E-state index contributed by atoms with van der Waals surface area (Å²) in [6.07, 6.45) is 0.805. The Morgan fingerprint density at radius 2 is 1.73 bits per heavy atom. The van der Waals surface area contributed by atoms with Crippen molar-refractivity contribution in [3.8, 4) is 0 Å². The summed E-state index contributed by atoms with van der Waals surface area (Å²) in [4.78, 5) is 46.9. The van der Waals surface area contributed by atoms with Crippen LogP contribution in [0.4, 0.5) is 4.79 Å². The van der Waals surface area contributed by atoms with Gasteiger partial charge in [-0.2, -0.15) is 0 Å². The lowest BCUT2D eigenvalue weighted by atomic mass is 10.1. The highest BCUT2D eigenvalue weighted by Gasteiger charge is 2.25. The van der Waals surface area contributed by atoms with E-state index in [9.17, 15) is 19.2 Å². The molecule has 2 N–H and O–H groups in total. The third kappa shape index (κ3) is 12.1. The van der Waals surface area contributed by atoms with Crippen LogP contribution in [0.3, 0.4) is 0 Å². The molecule has 0 aliphatic rings. The van der Waals surface area contributed by atoms with Crippen molar-refractivity contribution in [3.05, 3.63) is 0 Å². The van der Waals surface area contributed by atoms with Gasteiger partial charge in [0.25, 0.3) is 0 Å². The number of carbonyl (C=O) groups is 4. The Labute approximate surface area is 154 Å². The van der Waals surface area contributed by atoms with Gasteiger partial charge in [0.05, 0.1) is 13.7 Å². The molecule has 0 rings (SSSR count). The van der Waals surface area contributed by atoms with Crippen LogP contribution in [-0.2, 0) is 28.6 Å². The van der Waals surface area contributed by atoms with Crippen molar-refractivity contribution in [1.29, 1.82) is 0 Å². The van der Waals surface area contributed by atoms with Crippen molar-refractivity contribution in [2.75, 3.05) is 20.3 Å². The van der Waals surface area contributed by atoms with E-state index < -0.39 is 35.6 Å². The summed E-state index contributed by atoms with van der Waals surface area (Å²) in [5, 5.41) is 4.75. The van der Waals surface area contributed by atoms with Gasteiger partial charge in [-0.1, -0.05) is 13.3 Å². The lowest BCUT2D eigenvalue weighted by molar-refractivity contribution is -0.144. The van der Waals surface area contributed by atoms with E-state index in [1.54, 1.807) is 20.8 Å². The van der Waals surface area contributed by atoms with Crippen molar-refractivity contribution in [1.82, 2.24) is 10.6 Å². The highest BCUT2D eigenvalue weighted by Crippen LogP contribution is 2.08. The summed E-state index contributed by atoms with van der Waals surface area (Å²) >= 11 is 0. The van der Waals surface area contributed by atoms with Crippen LogP contribution >= 0.6 is 0 Å². The maximum Gasteiger partial charge on any atom is 0.408 e. The van der Waals surface area contributed by atoms with E-state index in [4.69, 9.17) is 9.47 Å². The number of rotatable bonds is 10. The number of esters is 2. The van der Waals surface area contributed by atoms with Gasteiger partial charge >= 0.3 is 18.0 Å². The van der Waals surface area contributed by atoms with Gasteiger partial charge in [-0.3, -0.25) is 14.4 Å². The molecule has 0 saturated carbocycles. The third-order valence-corrected chi connectivity index (χ3v) is 3.04. The molecule has 2 amide bonds. The van der Waals surface area contributed by atoms with Crippen molar-refractivity contribution in [3.63, 3.8) is 0 Å². The summed E-state index contributed by atoms with van der Waals surface area (Å²) < 4.78 is 14.6. The predicted molar refractivity (Wildman–Crippen MR) is 93.3 cm³/mol. The molecule has 0 aliphatic heterocycles. The van der Waals surface area contributed by atoms with E-state index in [-0.39, 0.29) is 19.4 Å². The molecule has 0 aliphatic carbocycles. The van der Waals surface area contributed by atoms with Gasteiger partial charge in [0.2, 0.25) is 5.91 Å². The SMILES string of the molecule is CCCCOC(=O)CC[C@H](NC(=O)OC(C)(C)C)C(=O)NCC(=O)OC. The molecule has 0 aromatic rings. The standard InChI is InChI=1S/C17H30N2O7/c1-6-7-10-25-13(20)9-8-12(15(22)18-11-14(21)24-5)19-16(23)26-17(2,3)4/h12H,6-11H2,1-5H3,(H,18,22)(H,19,23)/t12-/m0/s1. The van der Waals surface area contributed by atoms with Crippen LogP contribution in [0.15, 0.2) is 0 Å². The van der Waals surface area contributed by atoms with Crippen LogP contribution in [0, 0.1) is 0 Å². The molecular weight excluding hydrogens is 344 g/mol. The molecule has 9 nitrogen and oxygen atoms in total. The molecule has 9 heteroatoms. The molecule has 26 heavy (non-hydrogen) atoms. The van der Waals surface area contributed by atoms with Crippen molar-refractivity contribution >= 4 is 23.9 Å². The summed E-state index contributed by atoms with van der Waals surface area (Å²) in [7, 11) is 1.19. The highest BCUT2D eigenvalue weighted by atomic mass is 16.6. The molecule has 0 heterocycles. The van der Waals surface area contributed by atoms with Crippen molar-refractivity contribution in [2.24, 2.45) is 0 Å². The average molecular weight is 374 g/mol. The van der Waals surface area contributed by atoms with E-state index >= 15 is 0 Å². The lowest BCUT2D eigenvalue weighted by Gasteiger charge is -2.23. The number of unbranched alkanes of at least 4 members (excludes halogenated alkanes) is 1. The van der Waals surface area contributed by atoms with Gasteiger partial charge in [-0.25, -0.2) is 4.79 Å². The van der Waals surface area contributed by atoms with E-state index in [2.05, 4.69) is 15.4 Å². The van der Waals surface area contributed by atoms with Crippen molar-refractivity contribution in [2.45, 2.75) is 65.0 Å². The first kappa shape index (κ1) is 23.7. The van der Waals surface area contributed by atoms with Gasteiger partial charge in [-0.15, -0.1) is 0 Å². The molecular formula is C17H30N2O7. The fraction of sp³-hybridized carbons (Fsp3) is 0.765. The molecule has 0 fully saturated rings. The summed E-state index contributed by atoms with van der Waals surface area (Å²) in [6.45, 7) is 7.00. The first-order valence-corrected chi connectivity index (χ1v) is 8.58. The summed E-state index contributed by atoms with van der Waals surface area (Å²) in [5.41, 5.74) is -0.740. The number of hydrogen-bond acceptors (Lipinski definition) is 7. The van der Waals surface area contributed by atoms with Gasteiger partial charge in [-0.05, 0) is 33.6 Å². The largest absolute Gasteiger partial charge is 0.468 e. The Hall–Kier alpha value is -2.32. The van der Waals surface area contributed by atoms with Crippen LogP contribution < -0.4 is 10.6 Å². The molecule has 0 spiro atoms. The molecule has 0 unspecified atom stereocenters. The van der Waals surface area contributed by atoms with E-state index in [1.807, 2.05) is 6.92 Å². The second-order valence-corrected chi connectivity index (χ2v) is 6.61. The number of methoxy groups -OCH3 is 1. The Morgan fingerprint density at radius 3 is 2.27 bits per heavy atom. The van der Waals surface area contributed by atoms with Gasteiger partial charge in [0.1, 0.15) is 18.2 Å². The minimum absolute atomic E-state index is 0.0111. The normalized spacial score (nSPS) is 11.9. The number of ether oxygens (including phenoxy) is 3. The third-order valence-electron chi connectivity index (χ3n) is 3.04. The molecule has 150 valence electrons. The number of alkyl carbamates (subject to hydrolysis) is 1. The van der Waals surface area contributed by atoms with Crippen molar-refractivity contribution < 1.29 is 33.4 Å². The molecule has 0 bridgehead atoms. The van der Waals surface area contributed by atoms with Crippen LogP contribution in [0.25, 0.3) is 0 Å². The minimum Gasteiger partial charge on any atom is -0.468 e. The Kier molecular flexibility index (Phi) is 11.0. The van der Waals surface area contributed by atoms with Crippen LogP contribution in [-0.4, -0.2) is 55.8 Å². The zero-order valence-corrected chi connectivity index (χ0v) is 16.2.